The lowest BCUT2D eigenvalue weighted by Crippen LogP contribution is -1.98. The number of hydrogen-bond acceptors (Lipinski definition) is 6. The van der Waals surface area contributed by atoms with Gasteiger partial charge in [-0.2, -0.15) is 10.1 Å². The lowest BCUT2D eigenvalue weighted by molar-refractivity contribution is 0.282. The van der Waals surface area contributed by atoms with E-state index in [1.807, 2.05) is 42.5 Å². The number of nitrogens with two attached hydrogens (primary N) is 1. The van der Waals surface area contributed by atoms with E-state index < -0.39 is 0 Å². The van der Waals surface area contributed by atoms with Crippen molar-refractivity contribution in [2.75, 3.05) is 11.1 Å². The SMILES string of the molecule is Nc1nccc(Nc2ccc3[nH]nc(-c4ccc(CO)cc4)c3c2)n1. The first-order valence-electron chi connectivity index (χ1n) is 7.77. The number of aromatic nitrogens is 4. The highest BCUT2D eigenvalue weighted by Crippen LogP contribution is 2.29. The highest BCUT2D eigenvalue weighted by atomic mass is 16.3. The number of fused-ring (bicyclic) bond motifs is 1. The van der Waals surface area contributed by atoms with Crippen LogP contribution in [-0.2, 0) is 6.61 Å². The molecule has 0 fully saturated rings. The predicted octanol–water partition coefficient (Wildman–Crippen LogP) is 2.84. The molecular formula is C18H16N6O. The molecule has 7 nitrogen and oxygen atoms in total. The van der Waals surface area contributed by atoms with Crippen LogP contribution in [-0.4, -0.2) is 25.3 Å². The Bertz CT molecular complexity index is 1030. The summed E-state index contributed by atoms with van der Waals surface area (Å²) in [7, 11) is 0. The van der Waals surface area contributed by atoms with E-state index in [9.17, 15) is 5.11 Å². The number of nitrogens with zero attached hydrogens (tertiary/aromatic N) is 3. The number of rotatable bonds is 4. The number of aliphatic hydroxyl groups is 1. The van der Waals surface area contributed by atoms with Gasteiger partial charge < -0.3 is 16.2 Å². The van der Waals surface area contributed by atoms with Crippen LogP contribution in [0.15, 0.2) is 54.7 Å². The second-order valence-electron chi connectivity index (χ2n) is 5.61. The molecule has 0 atom stereocenters. The van der Waals surface area contributed by atoms with Crippen molar-refractivity contribution in [2.45, 2.75) is 6.61 Å². The van der Waals surface area contributed by atoms with Gasteiger partial charge in [-0.15, -0.1) is 0 Å². The maximum absolute atomic E-state index is 9.18. The number of nitrogens with one attached hydrogen (secondary N) is 2. The molecule has 124 valence electrons. The Balaban J connectivity index is 1.71. The zero-order valence-corrected chi connectivity index (χ0v) is 13.3. The van der Waals surface area contributed by atoms with Gasteiger partial charge in [-0.1, -0.05) is 24.3 Å². The summed E-state index contributed by atoms with van der Waals surface area (Å²) in [6, 6.07) is 15.3. The Morgan fingerprint density at radius 1 is 1.08 bits per heavy atom. The van der Waals surface area contributed by atoms with E-state index in [0.717, 1.165) is 33.4 Å². The van der Waals surface area contributed by atoms with Gasteiger partial charge in [-0.3, -0.25) is 5.10 Å². The van der Waals surface area contributed by atoms with Gasteiger partial charge in [0.05, 0.1) is 17.8 Å². The lowest BCUT2D eigenvalue weighted by Gasteiger charge is -2.06. The molecule has 0 radical (unpaired) electrons. The van der Waals surface area contributed by atoms with Crippen LogP contribution < -0.4 is 11.1 Å². The zero-order chi connectivity index (χ0) is 17.2. The summed E-state index contributed by atoms with van der Waals surface area (Å²) in [5.74, 6) is 0.850. The van der Waals surface area contributed by atoms with Gasteiger partial charge in [0.2, 0.25) is 5.95 Å². The molecule has 2 aromatic carbocycles. The zero-order valence-electron chi connectivity index (χ0n) is 13.3. The van der Waals surface area contributed by atoms with Crippen molar-refractivity contribution in [3.63, 3.8) is 0 Å². The molecule has 0 amide bonds. The minimum absolute atomic E-state index is 0.0255. The lowest BCUT2D eigenvalue weighted by atomic mass is 10.1. The Morgan fingerprint density at radius 2 is 1.92 bits per heavy atom. The summed E-state index contributed by atoms with van der Waals surface area (Å²) in [6.45, 7) is 0.0255. The van der Waals surface area contributed by atoms with E-state index in [1.54, 1.807) is 12.3 Å². The number of hydrogen-bond donors (Lipinski definition) is 4. The summed E-state index contributed by atoms with van der Waals surface area (Å²) in [6.07, 6.45) is 1.61. The van der Waals surface area contributed by atoms with Crippen LogP contribution in [0.25, 0.3) is 22.2 Å². The first kappa shape index (κ1) is 15.1. The summed E-state index contributed by atoms with van der Waals surface area (Å²) in [5, 5.41) is 20.8. The topological polar surface area (TPSA) is 113 Å². The van der Waals surface area contributed by atoms with Crippen LogP contribution in [0, 0.1) is 0 Å². The third kappa shape index (κ3) is 3.00. The number of aliphatic hydroxyl groups excluding tert-OH is 1. The molecule has 0 spiro atoms. The van der Waals surface area contributed by atoms with Crippen molar-refractivity contribution < 1.29 is 5.11 Å². The van der Waals surface area contributed by atoms with Gasteiger partial charge in [-0.05, 0) is 29.8 Å². The van der Waals surface area contributed by atoms with E-state index in [4.69, 9.17) is 5.73 Å². The molecule has 5 N–H and O–H groups in total. The van der Waals surface area contributed by atoms with Crippen molar-refractivity contribution in [1.29, 1.82) is 0 Å². The van der Waals surface area contributed by atoms with E-state index in [1.165, 1.54) is 0 Å². The van der Waals surface area contributed by atoms with Crippen LogP contribution in [0.3, 0.4) is 0 Å². The van der Waals surface area contributed by atoms with Crippen molar-refractivity contribution in [1.82, 2.24) is 20.2 Å². The number of anilines is 3. The fourth-order valence-electron chi connectivity index (χ4n) is 2.67. The van der Waals surface area contributed by atoms with Crippen molar-refractivity contribution in [3.8, 4) is 11.3 Å². The van der Waals surface area contributed by atoms with E-state index in [0.29, 0.717) is 5.82 Å². The second kappa shape index (κ2) is 6.21. The number of aromatic amines is 1. The van der Waals surface area contributed by atoms with Gasteiger partial charge in [0.25, 0.3) is 0 Å². The molecule has 0 saturated heterocycles. The van der Waals surface area contributed by atoms with Crippen LogP contribution in [0.2, 0.25) is 0 Å². The Kier molecular flexibility index (Phi) is 3.75. The molecule has 0 saturated carbocycles. The quantitative estimate of drug-likeness (QED) is 0.457. The first-order chi connectivity index (χ1) is 12.2. The number of nitrogen functional groups attached to an aromatic ring is 1. The summed E-state index contributed by atoms with van der Waals surface area (Å²) in [4.78, 5) is 8.03. The van der Waals surface area contributed by atoms with Crippen LogP contribution >= 0.6 is 0 Å². The molecule has 4 rings (SSSR count). The Hall–Kier alpha value is -3.45. The maximum Gasteiger partial charge on any atom is 0.221 e. The summed E-state index contributed by atoms with van der Waals surface area (Å²) < 4.78 is 0. The highest BCUT2D eigenvalue weighted by Gasteiger charge is 2.09. The third-order valence-electron chi connectivity index (χ3n) is 3.92. The van der Waals surface area contributed by atoms with E-state index >= 15 is 0 Å². The van der Waals surface area contributed by atoms with Crippen LogP contribution in [0.5, 0.6) is 0 Å². The van der Waals surface area contributed by atoms with Gasteiger partial charge in [0.15, 0.2) is 0 Å². The van der Waals surface area contributed by atoms with Gasteiger partial charge in [0.1, 0.15) is 5.82 Å². The standard InChI is InChI=1S/C18H16N6O/c19-18-20-8-7-16(22-18)21-13-5-6-15-14(9-13)17(24-23-15)12-3-1-11(10-25)2-4-12/h1-9,25H,10H2,(H,23,24)(H3,19,20,21,22). The van der Waals surface area contributed by atoms with Crippen molar-refractivity contribution in [2.24, 2.45) is 0 Å². The average molecular weight is 332 g/mol. The number of benzene rings is 2. The Labute approximate surface area is 143 Å². The van der Waals surface area contributed by atoms with Crippen LogP contribution in [0.1, 0.15) is 5.56 Å². The predicted molar refractivity (Wildman–Crippen MR) is 97.2 cm³/mol. The van der Waals surface area contributed by atoms with Gasteiger partial charge in [-0.25, -0.2) is 4.98 Å². The van der Waals surface area contributed by atoms with E-state index in [2.05, 4.69) is 25.5 Å². The number of H-pyrrole nitrogens is 1. The molecule has 25 heavy (non-hydrogen) atoms. The smallest absolute Gasteiger partial charge is 0.221 e. The average Bonchev–Trinajstić information content (AvgIpc) is 3.05. The second-order valence-corrected chi connectivity index (χ2v) is 5.61. The molecule has 2 heterocycles. The third-order valence-corrected chi connectivity index (χ3v) is 3.92. The molecule has 0 aliphatic rings. The largest absolute Gasteiger partial charge is 0.392 e. The fourth-order valence-corrected chi connectivity index (χ4v) is 2.67. The monoisotopic (exact) mass is 332 g/mol. The first-order valence-corrected chi connectivity index (χ1v) is 7.77. The molecular weight excluding hydrogens is 316 g/mol. The van der Waals surface area contributed by atoms with Crippen molar-refractivity contribution >= 4 is 28.4 Å². The van der Waals surface area contributed by atoms with Gasteiger partial charge >= 0.3 is 0 Å². The molecule has 0 unspecified atom stereocenters. The highest BCUT2D eigenvalue weighted by molar-refractivity contribution is 5.95. The summed E-state index contributed by atoms with van der Waals surface area (Å²) in [5.41, 5.74) is 10.1. The molecule has 0 bridgehead atoms. The minimum atomic E-state index is 0.0255. The molecule has 4 aromatic rings. The molecule has 7 heteroatoms. The van der Waals surface area contributed by atoms with Crippen LogP contribution in [0.4, 0.5) is 17.5 Å². The molecule has 2 aromatic heterocycles. The maximum atomic E-state index is 9.18. The Morgan fingerprint density at radius 3 is 2.68 bits per heavy atom. The minimum Gasteiger partial charge on any atom is -0.392 e. The fraction of sp³-hybridized carbons (Fsp3) is 0.0556. The summed E-state index contributed by atoms with van der Waals surface area (Å²) >= 11 is 0. The molecule has 0 aliphatic heterocycles. The van der Waals surface area contributed by atoms with Crippen molar-refractivity contribution in [3.05, 3.63) is 60.3 Å². The van der Waals surface area contributed by atoms with E-state index in [-0.39, 0.29) is 12.6 Å². The normalized spacial score (nSPS) is 10.9. The van der Waals surface area contributed by atoms with Gasteiger partial charge in [0, 0.05) is 22.8 Å². The molecule has 0 aliphatic carbocycles.